The molecule has 3 fully saturated rings. The van der Waals surface area contributed by atoms with Crippen molar-refractivity contribution in [3.8, 4) is 0 Å². The average Bonchev–Trinajstić information content (AvgIpc) is 3.25. The molecule has 3 aliphatic heterocycles. The number of aromatic nitrogens is 2. The van der Waals surface area contributed by atoms with Crippen molar-refractivity contribution < 1.29 is 14.3 Å². The zero-order valence-electron chi connectivity index (χ0n) is 14.8. The Labute approximate surface area is 147 Å². The summed E-state index contributed by atoms with van der Waals surface area (Å²) < 4.78 is 7.08. The minimum absolute atomic E-state index is 0.0616. The average molecular weight is 346 g/mol. The van der Waals surface area contributed by atoms with Crippen LogP contribution in [0.4, 0.5) is 0 Å². The second-order valence-corrected chi connectivity index (χ2v) is 7.58. The molecule has 0 radical (unpaired) electrons. The van der Waals surface area contributed by atoms with E-state index >= 15 is 0 Å². The molecule has 136 valence electrons. The summed E-state index contributed by atoms with van der Waals surface area (Å²) in [5.74, 6) is 0.190. The molecule has 0 bridgehead atoms. The number of hydrogen-bond donors (Lipinski definition) is 0. The van der Waals surface area contributed by atoms with Gasteiger partial charge < -0.3 is 14.5 Å². The largest absolute Gasteiger partial charge is 0.381 e. The van der Waals surface area contributed by atoms with Gasteiger partial charge >= 0.3 is 0 Å². The molecule has 0 N–H and O–H groups in total. The summed E-state index contributed by atoms with van der Waals surface area (Å²) in [7, 11) is 1.80. The number of ether oxygens (including phenoxy) is 1. The first-order chi connectivity index (χ1) is 12.1. The first-order valence-corrected chi connectivity index (χ1v) is 9.27. The van der Waals surface area contributed by atoms with Crippen molar-refractivity contribution in [2.75, 3.05) is 32.8 Å². The van der Waals surface area contributed by atoms with Crippen molar-refractivity contribution in [2.45, 2.75) is 38.1 Å². The number of amides is 2. The Morgan fingerprint density at radius 2 is 2.08 bits per heavy atom. The zero-order valence-corrected chi connectivity index (χ0v) is 14.8. The lowest BCUT2D eigenvalue weighted by molar-refractivity contribution is -0.150. The zero-order chi connectivity index (χ0) is 17.4. The second-order valence-electron chi connectivity index (χ2n) is 7.58. The van der Waals surface area contributed by atoms with Crippen LogP contribution in [0, 0.1) is 5.41 Å². The van der Waals surface area contributed by atoms with Crippen LogP contribution in [0.3, 0.4) is 0 Å². The molecule has 3 saturated heterocycles. The molecule has 0 saturated carbocycles. The highest BCUT2D eigenvalue weighted by molar-refractivity contribution is 5.94. The molecule has 7 nitrogen and oxygen atoms in total. The summed E-state index contributed by atoms with van der Waals surface area (Å²) >= 11 is 0. The van der Waals surface area contributed by atoms with Crippen molar-refractivity contribution in [3.05, 3.63) is 18.0 Å². The van der Waals surface area contributed by atoms with Gasteiger partial charge in [0.15, 0.2) is 0 Å². The van der Waals surface area contributed by atoms with Crippen LogP contribution in [0.5, 0.6) is 0 Å². The van der Waals surface area contributed by atoms with Crippen molar-refractivity contribution >= 4 is 11.8 Å². The van der Waals surface area contributed by atoms with E-state index in [0.29, 0.717) is 24.8 Å². The second kappa shape index (κ2) is 6.44. The highest BCUT2D eigenvalue weighted by atomic mass is 16.5. The fraction of sp³-hybridized carbons (Fsp3) is 0.722. The number of hydrogen-bond acceptors (Lipinski definition) is 4. The van der Waals surface area contributed by atoms with Gasteiger partial charge in [0, 0.05) is 52.1 Å². The van der Waals surface area contributed by atoms with Crippen LogP contribution >= 0.6 is 0 Å². The van der Waals surface area contributed by atoms with Crippen LogP contribution in [0.2, 0.25) is 0 Å². The minimum atomic E-state index is -0.388. The predicted octanol–water partition coefficient (Wildman–Crippen LogP) is 1.05. The molecule has 4 heterocycles. The molecule has 4 rings (SSSR count). The third kappa shape index (κ3) is 2.94. The van der Waals surface area contributed by atoms with Gasteiger partial charge in [-0.1, -0.05) is 0 Å². The van der Waals surface area contributed by atoms with Crippen LogP contribution in [-0.2, 0) is 16.6 Å². The summed E-state index contributed by atoms with van der Waals surface area (Å²) in [4.78, 5) is 29.9. The van der Waals surface area contributed by atoms with Gasteiger partial charge in [-0.05, 0) is 38.2 Å². The Balaban J connectivity index is 1.48. The van der Waals surface area contributed by atoms with Gasteiger partial charge in [0.1, 0.15) is 5.69 Å². The van der Waals surface area contributed by atoms with E-state index in [9.17, 15) is 9.59 Å². The van der Waals surface area contributed by atoms with E-state index < -0.39 is 0 Å². The van der Waals surface area contributed by atoms with E-state index in [0.717, 1.165) is 51.9 Å². The number of carbonyl (C=O) groups is 2. The quantitative estimate of drug-likeness (QED) is 0.803. The summed E-state index contributed by atoms with van der Waals surface area (Å²) in [5, 5.41) is 4.21. The topological polar surface area (TPSA) is 67.7 Å². The number of nitrogens with zero attached hydrogens (tertiary/aromatic N) is 4. The molecule has 2 amide bonds. The molecule has 1 aromatic rings. The lowest BCUT2D eigenvalue weighted by atomic mass is 9.77. The van der Waals surface area contributed by atoms with Gasteiger partial charge in [-0.15, -0.1) is 0 Å². The monoisotopic (exact) mass is 346 g/mol. The lowest BCUT2D eigenvalue weighted by Gasteiger charge is -2.44. The Bertz CT molecular complexity index is 667. The summed E-state index contributed by atoms with van der Waals surface area (Å²) in [5.41, 5.74) is 0.0742. The number of piperidine rings is 1. The molecular formula is C18H26N4O3. The minimum Gasteiger partial charge on any atom is -0.381 e. The Kier molecular flexibility index (Phi) is 4.27. The summed E-state index contributed by atoms with van der Waals surface area (Å²) in [6, 6.07) is 2.05. The van der Waals surface area contributed by atoms with E-state index in [2.05, 4.69) is 10.00 Å². The molecule has 0 aliphatic carbocycles. The fourth-order valence-electron chi connectivity index (χ4n) is 4.56. The molecule has 1 aromatic heterocycles. The molecule has 1 spiro atoms. The van der Waals surface area contributed by atoms with Crippen molar-refractivity contribution in [1.29, 1.82) is 0 Å². The van der Waals surface area contributed by atoms with Crippen molar-refractivity contribution in [1.82, 2.24) is 19.6 Å². The van der Waals surface area contributed by atoms with E-state index in [1.807, 2.05) is 4.90 Å². The number of carbonyl (C=O) groups excluding carboxylic acids is 2. The van der Waals surface area contributed by atoms with Gasteiger partial charge in [0.05, 0.1) is 5.41 Å². The third-order valence-electron chi connectivity index (χ3n) is 5.97. The Morgan fingerprint density at radius 3 is 2.80 bits per heavy atom. The predicted molar refractivity (Wildman–Crippen MR) is 90.9 cm³/mol. The Morgan fingerprint density at radius 1 is 1.28 bits per heavy atom. The van der Waals surface area contributed by atoms with E-state index in [-0.39, 0.29) is 17.2 Å². The van der Waals surface area contributed by atoms with Crippen LogP contribution in [0.25, 0.3) is 0 Å². The van der Waals surface area contributed by atoms with Gasteiger partial charge in [0.2, 0.25) is 5.91 Å². The van der Waals surface area contributed by atoms with Gasteiger partial charge in [-0.2, -0.15) is 5.10 Å². The third-order valence-corrected chi connectivity index (χ3v) is 5.97. The van der Waals surface area contributed by atoms with E-state index in [4.69, 9.17) is 4.74 Å². The van der Waals surface area contributed by atoms with E-state index in [1.165, 1.54) is 0 Å². The SMILES string of the molecule is Cn1ccc(C(=O)N2CC[C@]3(CCCN(C4CCOCC4)C3=O)C2)n1. The molecule has 0 aromatic carbocycles. The van der Waals surface area contributed by atoms with Crippen LogP contribution in [0.1, 0.15) is 42.6 Å². The number of aryl methyl sites for hydroxylation is 1. The highest BCUT2D eigenvalue weighted by Gasteiger charge is 2.50. The summed E-state index contributed by atoms with van der Waals surface area (Å²) in [6.07, 6.45) is 6.31. The van der Waals surface area contributed by atoms with Crippen LogP contribution < -0.4 is 0 Å². The lowest BCUT2D eigenvalue weighted by Crippen LogP contribution is -2.55. The molecule has 7 heteroatoms. The smallest absolute Gasteiger partial charge is 0.274 e. The van der Waals surface area contributed by atoms with Gasteiger partial charge in [-0.25, -0.2) is 0 Å². The number of likely N-dealkylation sites (tertiary alicyclic amines) is 2. The van der Waals surface area contributed by atoms with Gasteiger partial charge in [-0.3, -0.25) is 14.3 Å². The summed E-state index contributed by atoms with van der Waals surface area (Å²) in [6.45, 7) is 3.50. The normalized spacial score (nSPS) is 28.1. The van der Waals surface area contributed by atoms with Crippen LogP contribution in [0.15, 0.2) is 12.3 Å². The molecule has 3 aliphatic rings. The van der Waals surface area contributed by atoms with Crippen molar-refractivity contribution in [3.63, 3.8) is 0 Å². The van der Waals surface area contributed by atoms with Gasteiger partial charge in [0.25, 0.3) is 5.91 Å². The highest BCUT2D eigenvalue weighted by Crippen LogP contribution is 2.41. The maximum atomic E-state index is 13.3. The first-order valence-electron chi connectivity index (χ1n) is 9.27. The maximum Gasteiger partial charge on any atom is 0.274 e. The van der Waals surface area contributed by atoms with Crippen molar-refractivity contribution in [2.24, 2.45) is 12.5 Å². The van der Waals surface area contributed by atoms with Crippen LogP contribution in [-0.4, -0.2) is 70.3 Å². The fourth-order valence-corrected chi connectivity index (χ4v) is 4.56. The standard InChI is InChI=1S/C18H26N4O3/c1-20-9-3-15(19-20)16(23)21-10-7-18(13-21)6-2-8-22(17(18)24)14-4-11-25-12-5-14/h3,9,14H,2,4-8,10-13H2,1H3/t18-/m1/s1. The molecule has 25 heavy (non-hydrogen) atoms. The maximum absolute atomic E-state index is 13.3. The molecular weight excluding hydrogens is 320 g/mol. The first kappa shape index (κ1) is 16.6. The van der Waals surface area contributed by atoms with E-state index in [1.54, 1.807) is 24.0 Å². The Hall–Kier alpha value is -1.89. The number of rotatable bonds is 2. The molecule has 1 atom stereocenters. The molecule has 0 unspecified atom stereocenters.